The molecular weight excluding hydrogens is 458 g/mol. The van der Waals surface area contributed by atoms with Crippen molar-refractivity contribution in [2.24, 2.45) is 0 Å². The second-order valence-electron chi connectivity index (χ2n) is 8.14. The summed E-state index contributed by atoms with van der Waals surface area (Å²) in [6.07, 6.45) is 0.655. The van der Waals surface area contributed by atoms with Crippen molar-refractivity contribution in [2.75, 3.05) is 44.4 Å². The lowest BCUT2D eigenvalue weighted by molar-refractivity contribution is -0.118. The summed E-state index contributed by atoms with van der Waals surface area (Å²) in [6, 6.07) is 12.4. The summed E-state index contributed by atoms with van der Waals surface area (Å²) in [6.45, 7) is 5.69. The van der Waals surface area contributed by atoms with E-state index in [0.29, 0.717) is 18.3 Å². The van der Waals surface area contributed by atoms with Gasteiger partial charge in [0.25, 0.3) is 0 Å². The zero-order valence-corrected chi connectivity index (χ0v) is 21.2. The summed E-state index contributed by atoms with van der Waals surface area (Å²) < 4.78 is 32.0. The molecule has 3 rings (SSSR count). The molecule has 0 spiro atoms. The molecule has 0 atom stereocenters. The van der Waals surface area contributed by atoms with Crippen LogP contribution in [-0.4, -0.2) is 63.8 Å². The van der Waals surface area contributed by atoms with E-state index in [4.69, 9.17) is 4.74 Å². The largest absolute Gasteiger partial charge is 0.494 e. The fourth-order valence-electron chi connectivity index (χ4n) is 3.36. The Bertz CT molecular complexity index is 1190. The Kier molecular flexibility index (Phi) is 8.45. The Morgan fingerprint density at radius 2 is 1.82 bits per heavy atom. The molecule has 1 heterocycles. The summed E-state index contributed by atoms with van der Waals surface area (Å²) in [5.41, 5.74) is 1.77. The van der Waals surface area contributed by atoms with Gasteiger partial charge in [-0.25, -0.2) is 13.4 Å². The van der Waals surface area contributed by atoms with E-state index >= 15 is 0 Å². The summed E-state index contributed by atoms with van der Waals surface area (Å²) in [4.78, 5) is 21.8. The van der Waals surface area contributed by atoms with Gasteiger partial charge in [0.1, 0.15) is 5.75 Å². The highest BCUT2D eigenvalue weighted by atomic mass is 32.2. The van der Waals surface area contributed by atoms with Gasteiger partial charge in [-0.2, -0.15) is 0 Å². The zero-order valence-electron chi connectivity index (χ0n) is 19.6. The number of ether oxygens (including phenoxy) is 1. The molecule has 178 valence electrons. The molecule has 0 unspecified atom stereocenters. The number of nitrogens with zero attached hydrogens (tertiary/aromatic N) is 3. The number of aryl methyl sites for hydroxylation is 1. The van der Waals surface area contributed by atoms with Crippen LogP contribution in [0.2, 0.25) is 0 Å². The van der Waals surface area contributed by atoms with E-state index in [1.165, 1.54) is 11.3 Å². The number of amides is 1. The lowest BCUT2D eigenvalue weighted by Gasteiger charge is -2.21. The zero-order chi connectivity index (χ0) is 24.0. The van der Waals surface area contributed by atoms with Crippen molar-refractivity contribution in [1.29, 1.82) is 0 Å². The van der Waals surface area contributed by atoms with Crippen LogP contribution in [0.1, 0.15) is 25.3 Å². The van der Waals surface area contributed by atoms with Gasteiger partial charge in [0.2, 0.25) is 5.91 Å². The van der Waals surface area contributed by atoms with Crippen molar-refractivity contribution < 1.29 is 17.9 Å². The van der Waals surface area contributed by atoms with E-state index in [2.05, 4.69) is 9.88 Å². The SMILES string of the molecule is CCOc1ccc2nc(N(CCCN(C)C)C(=O)CCS(=O)(=O)c3ccc(C)cc3)sc2c1. The summed E-state index contributed by atoms with van der Waals surface area (Å²) in [7, 11) is 0.411. The van der Waals surface area contributed by atoms with E-state index in [9.17, 15) is 13.2 Å². The van der Waals surface area contributed by atoms with Crippen LogP contribution in [0.5, 0.6) is 5.75 Å². The minimum absolute atomic E-state index is 0.0989. The number of carbonyl (C=O) groups is 1. The number of fused-ring (bicyclic) bond motifs is 1. The Hall–Kier alpha value is -2.49. The Morgan fingerprint density at radius 1 is 1.09 bits per heavy atom. The number of thiazole rings is 1. The van der Waals surface area contributed by atoms with Crippen molar-refractivity contribution in [2.45, 2.75) is 31.6 Å². The van der Waals surface area contributed by atoms with Gasteiger partial charge in [-0.05, 0) is 71.2 Å². The molecular formula is C24H31N3O4S2. The van der Waals surface area contributed by atoms with Crippen LogP contribution in [0.25, 0.3) is 10.2 Å². The fourth-order valence-corrected chi connectivity index (χ4v) is 5.62. The van der Waals surface area contributed by atoms with Crippen molar-refractivity contribution in [3.63, 3.8) is 0 Å². The number of benzene rings is 2. The highest BCUT2D eigenvalue weighted by molar-refractivity contribution is 7.91. The maximum Gasteiger partial charge on any atom is 0.229 e. The van der Waals surface area contributed by atoms with Gasteiger partial charge in [-0.3, -0.25) is 9.69 Å². The topological polar surface area (TPSA) is 79.8 Å². The predicted molar refractivity (Wildman–Crippen MR) is 134 cm³/mol. The number of anilines is 1. The number of aromatic nitrogens is 1. The van der Waals surface area contributed by atoms with E-state index in [-0.39, 0.29) is 23.0 Å². The third-order valence-corrected chi connectivity index (χ3v) is 7.92. The second-order valence-corrected chi connectivity index (χ2v) is 11.3. The van der Waals surface area contributed by atoms with Crippen molar-refractivity contribution in [3.8, 4) is 5.75 Å². The quantitative estimate of drug-likeness (QED) is 0.403. The molecule has 0 radical (unpaired) electrons. The van der Waals surface area contributed by atoms with Gasteiger partial charge in [0.15, 0.2) is 15.0 Å². The van der Waals surface area contributed by atoms with E-state index < -0.39 is 9.84 Å². The average Bonchev–Trinajstić information content (AvgIpc) is 3.18. The number of sulfone groups is 1. The molecule has 33 heavy (non-hydrogen) atoms. The Balaban J connectivity index is 1.80. The van der Waals surface area contributed by atoms with Crippen molar-refractivity contribution >= 4 is 42.4 Å². The predicted octanol–water partition coefficient (Wildman–Crippen LogP) is 4.15. The lowest BCUT2D eigenvalue weighted by Crippen LogP contribution is -2.34. The number of carbonyl (C=O) groups excluding carboxylic acids is 1. The first kappa shape index (κ1) is 25.1. The maximum absolute atomic E-state index is 13.2. The highest BCUT2D eigenvalue weighted by Crippen LogP contribution is 2.32. The van der Waals surface area contributed by atoms with Crippen LogP contribution in [0.4, 0.5) is 5.13 Å². The van der Waals surface area contributed by atoms with E-state index in [1.807, 2.05) is 46.1 Å². The number of hydrogen-bond donors (Lipinski definition) is 0. The molecule has 0 aliphatic carbocycles. The fraction of sp³-hybridized carbons (Fsp3) is 0.417. The van der Waals surface area contributed by atoms with Crippen LogP contribution >= 0.6 is 11.3 Å². The molecule has 0 N–H and O–H groups in total. The number of hydrogen-bond acceptors (Lipinski definition) is 7. The lowest BCUT2D eigenvalue weighted by atomic mass is 10.2. The smallest absolute Gasteiger partial charge is 0.229 e. The normalized spacial score (nSPS) is 11.8. The first-order valence-corrected chi connectivity index (χ1v) is 13.4. The van der Waals surface area contributed by atoms with Crippen LogP contribution < -0.4 is 9.64 Å². The molecule has 2 aromatic carbocycles. The maximum atomic E-state index is 13.2. The molecule has 0 aliphatic heterocycles. The highest BCUT2D eigenvalue weighted by Gasteiger charge is 2.23. The van der Waals surface area contributed by atoms with Gasteiger partial charge < -0.3 is 9.64 Å². The summed E-state index contributed by atoms with van der Waals surface area (Å²) in [5, 5.41) is 0.579. The van der Waals surface area contributed by atoms with Crippen LogP contribution in [0.3, 0.4) is 0 Å². The minimum Gasteiger partial charge on any atom is -0.494 e. The van der Waals surface area contributed by atoms with E-state index in [1.54, 1.807) is 29.2 Å². The average molecular weight is 490 g/mol. The molecule has 3 aromatic rings. The van der Waals surface area contributed by atoms with Crippen molar-refractivity contribution in [3.05, 3.63) is 48.0 Å². The van der Waals surface area contributed by atoms with E-state index in [0.717, 1.165) is 34.5 Å². The first-order valence-electron chi connectivity index (χ1n) is 11.0. The molecule has 0 bridgehead atoms. The number of rotatable bonds is 11. The molecule has 7 nitrogen and oxygen atoms in total. The van der Waals surface area contributed by atoms with Crippen LogP contribution in [-0.2, 0) is 14.6 Å². The molecule has 0 fully saturated rings. The van der Waals surface area contributed by atoms with Gasteiger partial charge in [-0.15, -0.1) is 0 Å². The standard InChI is InChI=1S/C24H31N3O4S2/c1-5-31-19-9-12-21-22(17-19)32-24(25-21)27(15-6-14-26(3)4)23(28)13-16-33(29,30)20-10-7-18(2)8-11-20/h7-12,17H,5-6,13-16H2,1-4H3. The monoisotopic (exact) mass is 489 g/mol. The summed E-state index contributed by atoms with van der Waals surface area (Å²) >= 11 is 1.41. The third-order valence-electron chi connectivity index (χ3n) is 5.14. The van der Waals surface area contributed by atoms with Gasteiger partial charge in [0, 0.05) is 13.0 Å². The Labute approximate surface area is 199 Å². The molecule has 9 heteroatoms. The minimum atomic E-state index is -3.55. The van der Waals surface area contributed by atoms with Crippen molar-refractivity contribution in [1.82, 2.24) is 9.88 Å². The van der Waals surface area contributed by atoms with Gasteiger partial charge in [-0.1, -0.05) is 29.0 Å². The van der Waals surface area contributed by atoms with Crippen LogP contribution in [0, 0.1) is 6.92 Å². The molecule has 1 aromatic heterocycles. The molecule has 0 aliphatic rings. The third kappa shape index (κ3) is 6.75. The Morgan fingerprint density at radius 3 is 2.48 bits per heavy atom. The van der Waals surface area contributed by atoms with Gasteiger partial charge in [0.05, 0.1) is 27.5 Å². The summed E-state index contributed by atoms with van der Waals surface area (Å²) in [5.74, 6) is 0.279. The second kappa shape index (κ2) is 11.1. The molecule has 0 saturated heterocycles. The molecule has 0 saturated carbocycles. The first-order chi connectivity index (χ1) is 15.7. The van der Waals surface area contributed by atoms with Crippen LogP contribution in [0.15, 0.2) is 47.4 Å². The van der Waals surface area contributed by atoms with Gasteiger partial charge >= 0.3 is 0 Å². The molecule has 1 amide bonds.